The predicted molar refractivity (Wildman–Crippen MR) is 152 cm³/mol. The highest BCUT2D eigenvalue weighted by Gasteiger charge is 2.44. The standard InChI is InChI=1S/C30H42BrN3O/c1-7-11-23-22(8-2)25(31)14-13-24(23)29(35-6)33-18-15-30(16-19-33)28-12-10-17-34(28)27(9-3)26(32-30)20-21(4)5/h7,9-12,14,17,21,24,29H,8,13,15-16,18-20H2,1-6H3/b11-7?,27-9+. The van der Waals surface area contributed by atoms with Crippen molar-refractivity contribution in [2.45, 2.75) is 78.5 Å². The molecule has 0 amide bonds. The maximum absolute atomic E-state index is 6.24. The first-order valence-corrected chi connectivity index (χ1v) is 14.1. The van der Waals surface area contributed by atoms with E-state index in [9.17, 15) is 0 Å². The Morgan fingerprint density at radius 1 is 1.26 bits per heavy atom. The van der Waals surface area contributed by atoms with Gasteiger partial charge in [-0.25, -0.2) is 0 Å². The van der Waals surface area contributed by atoms with Gasteiger partial charge in [0.2, 0.25) is 0 Å². The van der Waals surface area contributed by atoms with Gasteiger partial charge in [0, 0.05) is 36.8 Å². The van der Waals surface area contributed by atoms with Gasteiger partial charge in [-0.2, -0.15) is 0 Å². The molecule has 4 nitrogen and oxygen atoms in total. The van der Waals surface area contributed by atoms with E-state index in [0.29, 0.717) is 11.8 Å². The van der Waals surface area contributed by atoms with Gasteiger partial charge in [-0.15, -0.1) is 0 Å². The van der Waals surface area contributed by atoms with E-state index in [0.717, 1.165) is 45.2 Å². The topological polar surface area (TPSA) is 29.8 Å². The van der Waals surface area contributed by atoms with Crippen LogP contribution in [0.5, 0.6) is 0 Å². The van der Waals surface area contributed by atoms with E-state index >= 15 is 0 Å². The SMILES string of the molecule is CC=CC1=C(CC)C(Br)=CCC1C(OC)N1CCC2(CC1)N=C(CC(C)C)/C(=C\C)n1cccc12. The van der Waals surface area contributed by atoms with Crippen LogP contribution in [0.1, 0.15) is 72.4 Å². The molecular formula is C30H42BrN3O. The van der Waals surface area contributed by atoms with Crippen LogP contribution in [0.3, 0.4) is 0 Å². The number of allylic oxidation sites excluding steroid dienone is 7. The van der Waals surface area contributed by atoms with Crippen molar-refractivity contribution in [3.8, 4) is 0 Å². The molecule has 2 unspecified atom stereocenters. The highest BCUT2D eigenvalue weighted by Crippen LogP contribution is 2.45. The van der Waals surface area contributed by atoms with Crippen LogP contribution < -0.4 is 0 Å². The van der Waals surface area contributed by atoms with Gasteiger partial charge in [0.1, 0.15) is 11.8 Å². The van der Waals surface area contributed by atoms with Gasteiger partial charge in [0.25, 0.3) is 0 Å². The van der Waals surface area contributed by atoms with Crippen molar-refractivity contribution in [1.82, 2.24) is 9.47 Å². The van der Waals surface area contributed by atoms with Gasteiger partial charge < -0.3 is 9.30 Å². The van der Waals surface area contributed by atoms with E-state index in [2.05, 4.69) is 103 Å². The van der Waals surface area contributed by atoms with Crippen molar-refractivity contribution >= 4 is 27.3 Å². The van der Waals surface area contributed by atoms with E-state index in [1.165, 1.54) is 32.7 Å². The summed E-state index contributed by atoms with van der Waals surface area (Å²) in [7, 11) is 1.88. The van der Waals surface area contributed by atoms with Crippen molar-refractivity contribution in [2.24, 2.45) is 16.8 Å². The summed E-state index contributed by atoms with van der Waals surface area (Å²) in [4.78, 5) is 8.08. The average Bonchev–Trinajstić information content (AvgIpc) is 3.33. The number of likely N-dealkylation sites (tertiary alicyclic amines) is 1. The number of piperidine rings is 1. The first-order valence-electron chi connectivity index (χ1n) is 13.3. The molecule has 35 heavy (non-hydrogen) atoms. The molecule has 2 aliphatic heterocycles. The second kappa shape index (κ2) is 11.1. The van der Waals surface area contributed by atoms with E-state index in [1.807, 2.05) is 7.11 Å². The Bertz CT molecular complexity index is 1060. The van der Waals surface area contributed by atoms with Crippen LogP contribution in [0.2, 0.25) is 0 Å². The van der Waals surface area contributed by atoms with Crippen molar-refractivity contribution in [2.75, 3.05) is 20.2 Å². The first kappa shape index (κ1) is 26.4. The fourth-order valence-electron chi connectivity index (χ4n) is 6.30. The van der Waals surface area contributed by atoms with Crippen molar-refractivity contribution in [1.29, 1.82) is 0 Å². The van der Waals surface area contributed by atoms with E-state index in [-0.39, 0.29) is 11.8 Å². The largest absolute Gasteiger partial charge is 0.366 e. The number of rotatable bonds is 7. The summed E-state index contributed by atoms with van der Waals surface area (Å²) in [6.07, 6.45) is 16.4. The van der Waals surface area contributed by atoms with Crippen LogP contribution >= 0.6 is 15.9 Å². The van der Waals surface area contributed by atoms with Crippen LogP contribution in [-0.4, -0.2) is 41.6 Å². The fraction of sp³-hybridized carbons (Fsp3) is 0.567. The number of nitrogens with zero attached hydrogens (tertiary/aromatic N) is 3. The Morgan fingerprint density at radius 3 is 2.60 bits per heavy atom. The Labute approximate surface area is 220 Å². The minimum Gasteiger partial charge on any atom is -0.366 e. The third-order valence-corrected chi connectivity index (χ3v) is 8.66. The number of fused-ring (bicyclic) bond motifs is 2. The molecule has 1 saturated heterocycles. The Balaban J connectivity index is 1.61. The Hall–Kier alpha value is -1.69. The molecule has 0 saturated carbocycles. The molecule has 5 heteroatoms. The van der Waals surface area contributed by atoms with Gasteiger partial charge in [-0.3, -0.25) is 9.89 Å². The molecule has 1 spiro atoms. The number of ether oxygens (including phenoxy) is 1. The lowest BCUT2D eigenvalue weighted by atomic mass is 9.80. The zero-order valence-corrected chi connectivity index (χ0v) is 23.9. The molecule has 2 atom stereocenters. The minimum absolute atomic E-state index is 0.0672. The first-order chi connectivity index (χ1) is 16.9. The summed E-state index contributed by atoms with van der Waals surface area (Å²) in [6.45, 7) is 13.0. The second-order valence-electron chi connectivity index (χ2n) is 10.5. The number of halogens is 1. The maximum atomic E-state index is 6.24. The smallest absolute Gasteiger partial charge is 0.117 e. The van der Waals surface area contributed by atoms with Gasteiger partial charge >= 0.3 is 0 Å². The third kappa shape index (κ3) is 4.97. The van der Waals surface area contributed by atoms with Gasteiger partial charge in [-0.05, 0) is 75.1 Å². The van der Waals surface area contributed by atoms with E-state index in [1.54, 1.807) is 0 Å². The third-order valence-electron chi connectivity index (χ3n) is 7.86. The lowest BCUT2D eigenvalue weighted by molar-refractivity contribution is -0.0767. The van der Waals surface area contributed by atoms with Crippen molar-refractivity contribution < 1.29 is 4.74 Å². The predicted octanol–water partition coefficient (Wildman–Crippen LogP) is 7.69. The number of hydrogen-bond donors (Lipinski definition) is 0. The van der Waals surface area contributed by atoms with Gasteiger partial charge in [0.05, 0.1) is 17.1 Å². The molecule has 0 radical (unpaired) electrons. The van der Waals surface area contributed by atoms with E-state index < -0.39 is 0 Å². The fourth-order valence-corrected chi connectivity index (χ4v) is 6.99. The molecule has 1 fully saturated rings. The summed E-state index contributed by atoms with van der Waals surface area (Å²) in [5, 5.41) is 0. The highest BCUT2D eigenvalue weighted by atomic mass is 79.9. The summed E-state index contributed by atoms with van der Waals surface area (Å²) < 4.78 is 9.88. The molecule has 190 valence electrons. The average molecular weight is 541 g/mol. The molecule has 0 aromatic carbocycles. The summed E-state index contributed by atoms with van der Waals surface area (Å²) in [5.74, 6) is 0.922. The molecular weight excluding hydrogens is 498 g/mol. The van der Waals surface area contributed by atoms with Crippen LogP contribution in [0.4, 0.5) is 0 Å². The summed E-state index contributed by atoms with van der Waals surface area (Å²) in [6, 6.07) is 4.47. The molecule has 0 N–H and O–H groups in total. The molecule has 1 aromatic rings. The molecule has 0 bridgehead atoms. The summed E-state index contributed by atoms with van der Waals surface area (Å²) >= 11 is 3.81. The Morgan fingerprint density at radius 2 is 2.00 bits per heavy atom. The van der Waals surface area contributed by atoms with Crippen LogP contribution in [0, 0.1) is 11.8 Å². The van der Waals surface area contributed by atoms with Crippen LogP contribution in [0.25, 0.3) is 5.70 Å². The molecule has 3 aliphatic rings. The number of methoxy groups -OCH3 is 1. The van der Waals surface area contributed by atoms with E-state index in [4.69, 9.17) is 9.73 Å². The highest BCUT2D eigenvalue weighted by molar-refractivity contribution is 9.12. The maximum Gasteiger partial charge on any atom is 0.117 e. The van der Waals surface area contributed by atoms with Crippen LogP contribution in [0.15, 0.2) is 63.3 Å². The molecule has 3 heterocycles. The zero-order valence-electron chi connectivity index (χ0n) is 22.4. The molecule has 1 aromatic heterocycles. The Kier molecular flexibility index (Phi) is 8.40. The monoisotopic (exact) mass is 539 g/mol. The van der Waals surface area contributed by atoms with Gasteiger partial charge in [-0.1, -0.05) is 61.0 Å². The lowest BCUT2D eigenvalue weighted by Gasteiger charge is -2.46. The normalized spacial score (nSPS) is 24.9. The molecule has 1 aliphatic carbocycles. The lowest BCUT2D eigenvalue weighted by Crippen LogP contribution is -2.51. The summed E-state index contributed by atoms with van der Waals surface area (Å²) in [5.41, 5.74) is 6.55. The number of hydrogen-bond acceptors (Lipinski definition) is 3. The quantitative estimate of drug-likeness (QED) is 0.355. The van der Waals surface area contributed by atoms with Gasteiger partial charge in [0.15, 0.2) is 0 Å². The van der Waals surface area contributed by atoms with Crippen molar-refractivity contribution in [3.63, 3.8) is 0 Å². The van der Waals surface area contributed by atoms with Crippen molar-refractivity contribution in [3.05, 3.63) is 64.0 Å². The number of aromatic nitrogens is 1. The minimum atomic E-state index is -0.138. The zero-order chi connectivity index (χ0) is 25.2. The molecule has 4 rings (SSSR count). The second-order valence-corrected chi connectivity index (χ2v) is 11.3. The van der Waals surface area contributed by atoms with Crippen LogP contribution in [-0.2, 0) is 10.3 Å². The number of aliphatic imine (C=N–C) groups is 1.